The lowest BCUT2D eigenvalue weighted by atomic mass is 9.81. The number of nitrogens with zero attached hydrogens (tertiary/aromatic N) is 4. The van der Waals surface area contributed by atoms with E-state index in [0.29, 0.717) is 23.8 Å². The van der Waals surface area contributed by atoms with Crippen molar-refractivity contribution >= 4 is 11.6 Å². The maximum absolute atomic E-state index is 12.4. The number of Topliss-reactive ketones (excluding diaryl/α,β-unsaturated/α-hetero) is 1. The normalized spacial score (nSPS) is 20.8. The largest absolute Gasteiger partial charge is 0.357 e. The molecule has 1 aliphatic rings. The van der Waals surface area contributed by atoms with E-state index in [1.54, 1.807) is 6.92 Å². The van der Waals surface area contributed by atoms with Crippen LogP contribution < -0.4 is 4.90 Å². The fourth-order valence-electron chi connectivity index (χ4n) is 2.55. The topological polar surface area (TPSA) is 69.9 Å². The maximum Gasteiger partial charge on any atom is 0.189 e. The zero-order valence-corrected chi connectivity index (χ0v) is 11.9. The van der Waals surface area contributed by atoms with E-state index in [0.717, 1.165) is 5.56 Å². The molecule has 0 saturated carbocycles. The molecule has 0 amide bonds. The van der Waals surface area contributed by atoms with Crippen LogP contribution in [-0.4, -0.2) is 29.3 Å². The molecular formula is C16H14N4O. The van der Waals surface area contributed by atoms with Crippen LogP contribution >= 0.6 is 0 Å². The Hall–Kier alpha value is -2.74. The fourth-order valence-corrected chi connectivity index (χ4v) is 2.55. The third-order valence-electron chi connectivity index (χ3n) is 3.71. The Labute approximate surface area is 122 Å². The van der Waals surface area contributed by atoms with Gasteiger partial charge < -0.3 is 4.90 Å². The highest BCUT2D eigenvalue weighted by Gasteiger charge is 2.42. The Bertz CT molecular complexity index is 751. The molecular weight excluding hydrogens is 264 g/mol. The first-order chi connectivity index (χ1) is 10.0. The van der Waals surface area contributed by atoms with Crippen LogP contribution in [0.15, 0.2) is 36.5 Å². The van der Waals surface area contributed by atoms with Crippen molar-refractivity contribution in [3.8, 4) is 17.5 Å². The summed E-state index contributed by atoms with van der Waals surface area (Å²) in [7, 11) is 1.84. The Kier molecular flexibility index (Phi) is 2.95. The van der Waals surface area contributed by atoms with Gasteiger partial charge >= 0.3 is 0 Å². The van der Waals surface area contributed by atoms with Gasteiger partial charge in [0.1, 0.15) is 11.2 Å². The molecule has 5 heteroatoms. The van der Waals surface area contributed by atoms with Crippen LogP contribution in [0.2, 0.25) is 0 Å². The van der Waals surface area contributed by atoms with Crippen molar-refractivity contribution in [1.82, 2.24) is 9.97 Å². The van der Waals surface area contributed by atoms with Crippen molar-refractivity contribution in [2.45, 2.75) is 6.92 Å². The summed E-state index contributed by atoms with van der Waals surface area (Å²) in [6.45, 7) is 1.99. The number of hydrogen-bond acceptors (Lipinski definition) is 5. The van der Waals surface area contributed by atoms with Gasteiger partial charge in [-0.05, 0) is 6.92 Å². The summed E-state index contributed by atoms with van der Waals surface area (Å²) < 4.78 is 0. The second-order valence-electron chi connectivity index (χ2n) is 5.43. The Balaban J connectivity index is 2.11. The predicted molar refractivity (Wildman–Crippen MR) is 78.8 cm³/mol. The lowest BCUT2D eigenvalue weighted by Crippen LogP contribution is -2.44. The molecule has 3 rings (SSSR count). The predicted octanol–water partition coefficient (Wildman–Crippen LogP) is 2.31. The number of fused-ring (bicyclic) bond motifs is 1. The minimum absolute atomic E-state index is 0.210. The summed E-state index contributed by atoms with van der Waals surface area (Å²) in [6.07, 6.45) is 1.53. The summed E-state index contributed by atoms with van der Waals surface area (Å²) in [4.78, 5) is 23.1. The minimum Gasteiger partial charge on any atom is -0.357 e. The average Bonchev–Trinajstić information content (AvgIpc) is 2.53. The van der Waals surface area contributed by atoms with Crippen LogP contribution in [0, 0.1) is 16.7 Å². The molecule has 0 spiro atoms. The van der Waals surface area contributed by atoms with Gasteiger partial charge in [0, 0.05) is 25.4 Å². The van der Waals surface area contributed by atoms with Crippen molar-refractivity contribution < 1.29 is 4.79 Å². The van der Waals surface area contributed by atoms with E-state index in [2.05, 4.69) is 16.0 Å². The van der Waals surface area contributed by atoms with Crippen molar-refractivity contribution in [3.05, 3.63) is 42.1 Å². The number of aromatic nitrogens is 2. The lowest BCUT2D eigenvalue weighted by molar-refractivity contribution is 0.0872. The highest BCUT2D eigenvalue weighted by atomic mass is 16.1. The number of anilines is 1. The van der Waals surface area contributed by atoms with Gasteiger partial charge in [0.05, 0.1) is 11.6 Å². The molecule has 5 nitrogen and oxygen atoms in total. The molecule has 0 bridgehead atoms. The van der Waals surface area contributed by atoms with Crippen LogP contribution in [0.25, 0.3) is 11.4 Å². The van der Waals surface area contributed by atoms with E-state index in [4.69, 9.17) is 0 Å². The van der Waals surface area contributed by atoms with E-state index in [1.807, 2.05) is 42.3 Å². The number of rotatable bonds is 1. The number of hydrogen-bond donors (Lipinski definition) is 0. The molecule has 1 aromatic carbocycles. The maximum atomic E-state index is 12.4. The number of ketones is 1. The zero-order chi connectivity index (χ0) is 15.0. The third kappa shape index (κ3) is 2.05. The molecule has 1 atom stereocenters. The summed E-state index contributed by atoms with van der Waals surface area (Å²) >= 11 is 0. The summed E-state index contributed by atoms with van der Waals surface area (Å²) in [5.74, 6) is 0.953. The van der Waals surface area contributed by atoms with E-state index in [1.165, 1.54) is 6.20 Å². The average molecular weight is 278 g/mol. The lowest BCUT2D eigenvalue weighted by Gasteiger charge is -2.34. The van der Waals surface area contributed by atoms with Crippen LogP contribution in [-0.2, 0) is 0 Å². The van der Waals surface area contributed by atoms with Gasteiger partial charge in [-0.2, -0.15) is 5.26 Å². The van der Waals surface area contributed by atoms with Gasteiger partial charge in [-0.15, -0.1) is 0 Å². The van der Waals surface area contributed by atoms with Crippen LogP contribution in [0.5, 0.6) is 0 Å². The highest BCUT2D eigenvalue weighted by molar-refractivity contribution is 6.07. The quantitative estimate of drug-likeness (QED) is 0.800. The molecule has 0 aliphatic carbocycles. The van der Waals surface area contributed by atoms with Crippen molar-refractivity contribution in [1.29, 1.82) is 5.26 Å². The molecule has 0 fully saturated rings. The van der Waals surface area contributed by atoms with Gasteiger partial charge in [0.2, 0.25) is 0 Å². The van der Waals surface area contributed by atoms with Crippen molar-refractivity contribution in [3.63, 3.8) is 0 Å². The van der Waals surface area contributed by atoms with Crippen LogP contribution in [0.1, 0.15) is 17.3 Å². The Morgan fingerprint density at radius 3 is 2.71 bits per heavy atom. The fraction of sp³-hybridized carbons (Fsp3) is 0.250. The first-order valence-electron chi connectivity index (χ1n) is 6.65. The zero-order valence-electron chi connectivity index (χ0n) is 11.9. The summed E-state index contributed by atoms with van der Waals surface area (Å²) in [6, 6.07) is 11.7. The van der Waals surface area contributed by atoms with Crippen LogP contribution in [0.4, 0.5) is 5.82 Å². The first-order valence-corrected chi connectivity index (χ1v) is 6.65. The molecule has 0 saturated heterocycles. The van der Waals surface area contributed by atoms with Gasteiger partial charge in [-0.3, -0.25) is 4.79 Å². The van der Waals surface area contributed by atoms with Crippen LogP contribution in [0.3, 0.4) is 0 Å². The monoisotopic (exact) mass is 278 g/mol. The second kappa shape index (κ2) is 4.67. The molecule has 104 valence electrons. The first kappa shape index (κ1) is 13.3. The summed E-state index contributed by atoms with van der Waals surface area (Å²) in [5.41, 5.74) is 0.265. The standard InChI is InChI=1S/C16H14N4O/c1-16(9-17)10-20(2)15-12(13(16)21)8-18-14(19-15)11-6-4-3-5-7-11/h3-8H,10H2,1-2H3. The molecule has 0 N–H and O–H groups in total. The van der Waals surface area contributed by atoms with Gasteiger partial charge in [0.15, 0.2) is 11.6 Å². The molecule has 0 radical (unpaired) electrons. The molecule has 2 heterocycles. The molecule has 2 aromatic rings. The number of benzene rings is 1. The molecule has 21 heavy (non-hydrogen) atoms. The van der Waals surface area contributed by atoms with E-state index >= 15 is 0 Å². The van der Waals surface area contributed by atoms with Gasteiger partial charge in [-0.1, -0.05) is 30.3 Å². The third-order valence-corrected chi connectivity index (χ3v) is 3.71. The SMILES string of the molecule is CN1CC(C)(C#N)C(=O)c2cnc(-c3ccccc3)nc21. The van der Waals surface area contributed by atoms with Crippen molar-refractivity contribution in [2.24, 2.45) is 5.41 Å². The molecule has 1 aromatic heterocycles. The number of carbonyl (C=O) groups is 1. The number of nitriles is 1. The Morgan fingerprint density at radius 1 is 1.33 bits per heavy atom. The number of carbonyl (C=O) groups excluding carboxylic acids is 1. The van der Waals surface area contributed by atoms with E-state index < -0.39 is 5.41 Å². The van der Waals surface area contributed by atoms with Gasteiger partial charge in [-0.25, -0.2) is 9.97 Å². The molecule has 1 unspecified atom stereocenters. The van der Waals surface area contributed by atoms with Crippen molar-refractivity contribution in [2.75, 3.05) is 18.5 Å². The second-order valence-corrected chi connectivity index (χ2v) is 5.43. The molecule has 1 aliphatic heterocycles. The van der Waals surface area contributed by atoms with E-state index in [9.17, 15) is 10.1 Å². The van der Waals surface area contributed by atoms with Gasteiger partial charge in [0.25, 0.3) is 0 Å². The minimum atomic E-state index is -1.04. The Morgan fingerprint density at radius 2 is 2.05 bits per heavy atom. The summed E-state index contributed by atoms with van der Waals surface area (Å²) in [5, 5.41) is 9.26. The smallest absolute Gasteiger partial charge is 0.189 e. The highest BCUT2D eigenvalue weighted by Crippen LogP contribution is 2.34. The van der Waals surface area contributed by atoms with E-state index in [-0.39, 0.29) is 5.78 Å².